The third-order valence-corrected chi connectivity index (χ3v) is 5.15. The van der Waals surface area contributed by atoms with Gasteiger partial charge in [-0.2, -0.15) is 0 Å². The molecule has 0 saturated carbocycles. The summed E-state index contributed by atoms with van der Waals surface area (Å²) in [6, 6.07) is 12.3. The first kappa shape index (κ1) is 10.9. The summed E-state index contributed by atoms with van der Waals surface area (Å²) in [6.07, 6.45) is 2.06. The van der Waals surface area contributed by atoms with Crippen molar-refractivity contribution in [2.75, 3.05) is 6.26 Å². The normalized spacial score (nSPS) is 12.9. The fourth-order valence-corrected chi connectivity index (χ4v) is 4.12. The van der Waals surface area contributed by atoms with E-state index in [1.807, 2.05) is 24.0 Å². The molecule has 1 unspecified atom stereocenters. The van der Waals surface area contributed by atoms with Crippen molar-refractivity contribution < 1.29 is 3.83 Å². The van der Waals surface area contributed by atoms with Crippen LogP contribution < -0.4 is 4.46 Å². The molecule has 0 heterocycles. The first-order valence-corrected chi connectivity index (χ1v) is 9.12. The van der Waals surface area contributed by atoms with E-state index in [1.54, 1.807) is 11.8 Å². The predicted octanol–water partition coefficient (Wildman–Crippen LogP) is 2.82. The number of hydrogen-bond acceptors (Lipinski definition) is 2. The number of fused-ring (bicyclic) bond motifs is 1. The summed E-state index contributed by atoms with van der Waals surface area (Å²) in [6.45, 7) is 0. The van der Waals surface area contributed by atoms with Gasteiger partial charge in [0.25, 0.3) is 0 Å². The Bertz CT molecular complexity index is 517. The molecule has 0 aliphatic rings. The van der Waals surface area contributed by atoms with Gasteiger partial charge in [0.1, 0.15) is 0 Å². The molecule has 0 saturated heterocycles. The fraction of sp³-hybridized carbons (Fsp3) is 0.167. The second-order valence-electron chi connectivity index (χ2n) is 3.27. The third kappa shape index (κ3) is 2.00. The van der Waals surface area contributed by atoms with Crippen LogP contribution in [-0.2, 0) is 3.83 Å². The van der Waals surface area contributed by atoms with Crippen molar-refractivity contribution >= 4 is 40.8 Å². The fourth-order valence-electron chi connectivity index (χ4n) is 1.68. The van der Waals surface area contributed by atoms with Crippen molar-refractivity contribution in [3.63, 3.8) is 0 Å². The number of thioether (sulfide) groups is 1. The topological polar surface area (TPSA) is 17.1 Å². The molecular formula is C12H12OSSe. The van der Waals surface area contributed by atoms with Gasteiger partial charge in [-0.05, 0) is 0 Å². The van der Waals surface area contributed by atoms with E-state index in [2.05, 4.69) is 24.5 Å². The second kappa shape index (κ2) is 4.48. The molecule has 0 aromatic heterocycles. The van der Waals surface area contributed by atoms with E-state index in [4.69, 9.17) is 0 Å². The number of hydrogen-bond donors (Lipinski definition) is 0. The molecule has 1 atom stereocenters. The van der Waals surface area contributed by atoms with Gasteiger partial charge in [-0.3, -0.25) is 0 Å². The summed E-state index contributed by atoms with van der Waals surface area (Å²) >= 11 is -0.141. The van der Waals surface area contributed by atoms with E-state index >= 15 is 0 Å². The van der Waals surface area contributed by atoms with E-state index in [0.29, 0.717) is 0 Å². The van der Waals surface area contributed by atoms with Gasteiger partial charge in [0.15, 0.2) is 0 Å². The van der Waals surface area contributed by atoms with Crippen LogP contribution in [0.3, 0.4) is 0 Å². The van der Waals surface area contributed by atoms with Crippen LogP contribution in [0.2, 0.25) is 5.82 Å². The van der Waals surface area contributed by atoms with Crippen LogP contribution in [-0.4, -0.2) is 20.1 Å². The van der Waals surface area contributed by atoms with Crippen LogP contribution in [0, 0.1) is 0 Å². The molecule has 0 amide bonds. The van der Waals surface area contributed by atoms with E-state index in [1.165, 1.54) is 15.7 Å². The Kier molecular flexibility index (Phi) is 3.25. The van der Waals surface area contributed by atoms with Gasteiger partial charge in [-0.1, -0.05) is 0 Å². The second-order valence-corrected chi connectivity index (χ2v) is 6.95. The molecule has 0 aliphatic carbocycles. The molecule has 0 spiro atoms. The van der Waals surface area contributed by atoms with Gasteiger partial charge in [0, 0.05) is 0 Å². The molecule has 2 aromatic carbocycles. The summed E-state index contributed by atoms with van der Waals surface area (Å²) in [5, 5.41) is 2.36. The maximum atomic E-state index is 11.7. The molecule has 78 valence electrons. The number of benzene rings is 2. The zero-order valence-corrected chi connectivity index (χ0v) is 11.2. The Labute approximate surface area is 98.0 Å². The first-order chi connectivity index (χ1) is 7.24. The SMILES string of the molecule is CSc1cccc2cccc([Se](C)=O)c12. The number of rotatable bonds is 2. The van der Waals surface area contributed by atoms with Crippen LogP contribution in [0.1, 0.15) is 0 Å². The molecule has 0 fully saturated rings. The summed E-state index contributed by atoms with van der Waals surface area (Å²) in [5.74, 6) is 1.83. The molecular weight excluding hydrogens is 271 g/mol. The predicted molar refractivity (Wildman–Crippen MR) is 67.7 cm³/mol. The van der Waals surface area contributed by atoms with Crippen molar-refractivity contribution in [2.24, 2.45) is 0 Å². The molecule has 2 aromatic rings. The minimum atomic E-state index is -1.85. The van der Waals surface area contributed by atoms with Crippen LogP contribution in [0.25, 0.3) is 10.8 Å². The van der Waals surface area contributed by atoms with E-state index in [-0.39, 0.29) is 0 Å². The third-order valence-electron chi connectivity index (χ3n) is 2.36. The van der Waals surface area contributed by atoms with E-state index in [0.717, 1.165) is 4.46 Å². The standard InChI is InChI=1S/C12H12OSSe/c1-14-10-7-3-5-9-6-4-8-11(12(9)10)15(2)13/h3-8H,1-2H3. The van der Waals surface area contributed by atoms with Crippen molar-refractivity contribution in [3.05, 3.63) is 36.4 Å². The molecule has 0 aliphatic heterocycles. The Morgan fingerprint density at radius 1 is 1.13 bits per heavy atom. The van der Waals surface area contributed by atoms with Gasteiger partial charge >= 0.3 is 98.0 Å². The maximum absolute atomic E-state index is 11.7. The van der Waals surface area contributed by atoms with Crippen LogP contribution in [0.15, 0.2) is 41.3 Å². The Hall–Kier alpha value is -0.631. The molecule has 15 heavy (non-hydrogen) atoms. The Morgan fingerprint density at radius 2 is 1.80 bits per heavy atom. The molecule has 2 rings (SSSR count). The zero-order chi connectivity index (χ0) is 10.8. The van der Waals surface area contributed by atoms with Gasteiger partial charge in [-0.25, -0.2) is 0 Å². The van der Waals surface area contributed by atoms with Crippen LogP contribution in [0.5, 0.6) is 0 Å². The Balaban J connectivity index is 2.87. The summed E-state index contributed by atoms with van der Waals surface area (Å²) < 4.78 is 12.8. The van der Waals surface area contributed by atoms with Crippen molar-refractivity contribution in [2.45, 2.75) is 10.7 Å². The summed E-state index contributed by atoms with van der Waals surface area (Å²) in [7, 11) is 0. The monoisotopic (exact) mass is 284 g/mol. The molecule has 0 bridgehead atoms. The van der Waals surface area contributed by atoms with Gasteiger partial charge in [-0.15, -0.1) is 0 Å². The van der Waals surface area contributed by atoms with Crippen LogP contribution >= 0.6 is 11.8 Å². The van der Waals surface area contributed by atoms with E-state index < -0.39 is 13.8 Å². The van der Waals surface area contributed by atoms with Gasteiger partial charge in [0.2, 0.25) is 0 Å². The molecule has 3 heteroatoms. The van der Waals surface area contributed by atoms with Crippen molar-refractivity contribution in [1.29, 1.82) is 0 Å². The zero-order valence-electron chi connectivity index (χ0n) is 8.69. The van der Waals surface area contributed by atoms with Crippen molar-refractivity contribution in [3.8, 4) is 0 Å². The first-order valence-electron chi connectivity index (χ1n) is 4.63. The summed E-state index contributed by atoms with van der Waals surface area (Å²) in [5.41, 5.74) is 0. The molecule has 1 nitrogen and oxygen atoms in total. The molecule has 0 N–H and O–H groups in total. The summed E-state index contributed by atoms with van der Waals surface area (Å²) in [4.78, 5) is 1.22. The average Bonchev–Trinajstić information content (AvgIpc) is 2.27. The van der Waals surface area contributed by atoms with Crippen LogP contribution in [0.4, 0.5) is 0 Å². The average molecular weight is 283 g/mol. The van der Waals surface area contributed by atoms with Gasteiger partial charge in [0.05, 0.1) is 0 Å². The van der Waals surface area contributed by atoms with Crippen molar-refractivity contribution in [1.82, 2.24) is 0 Å². The van der Waals surface area contributed by atoms with E-state index in [9.17, 15) is 3.83 Å². The Morgan fingerprint density at radius 3 is 2.40 bits per heavy atom. The van der Waals surface area contributed by atoms with Gasteiger partial charge < -0.3 is 0 Å². The minimum absolute atomic E-state index is 1.03. The quantitative estimate of drug-likeness (QED) is 0.623. The molecule has 0 radical (unpaired) electrons.